The largest absolute Gasteiger partial charge is 0.481 e. The Balaban J connectivity index is 1.63. The van der Waals surface area contributed by atoms with Gasteiger partial charge in [0, 0.05) is 41.8 Å². The zero-order valence-corrected chi connectivity index (χ0v) is 22.9. The van der Waals surface area contributed by atoms with Gasteiger partial charge in [-0.2, -0.15) is 0 Å². The van der Waals surface area contributed by atoms with E-state index in [1.807, 2.05) is 66.9 Å². The van der Waals surface area contributed by atoms with E-state index in [1.165, 1.54) is 0 Å². The average molecular weight is 542 g/mol. The van der Waals surface area contributed by atoms with Crippen molar-refractivity contribution in [1.29, 1.82) is 0 Å². The highest BCUT2D eigenvalue weighted by Crippen LogP contribution is 2.29. The lowest BCUT2D eigenvalue weighted by Gasteiger charge is -2.24. The Morgan fingerprint density at radius 3 is 2.10 bits per heavy atom. The van der Waals surface area contributed by atoms with Crippen LogP contribution in [0.3, 0.4) is 0 Å². The second-order valence-corrected chi connectivity index (χ2v) is 10.3. The molecule has 2 aromatic carbocycles. The number of nitrogens with zero attached hydrogens (tertiary/aromatic N) is 3. The van der Waals surface area contributed by atoms with Gasteiger partial charge in [0.05, 0.1) is 18.7 Å². The van der Waals surface area contributed by atoms with Crippen LogP contribution in [0.1, 0.15) is 43.4 Å². The van der Waals surface area contributed by atoms with Crippen LogP contribution >= 0.6 is 11.3 Å². The highest BCUT2D eigenvalue weighted by Gasteiger charge is 2.24. The van der Waals surface area contributed by atoms with E-state index in [9.17, 15) is 19.5 Å². The highest BCUT2D eigenvalue weighted by molar-refractivity contribution is 7.09. The lowest BCUT2D eigenvalue weighted by Crippen LogP contribution is -2.35. The van der Waals surface area contributed by atoms with Gasteiger partial charge >= 0.3 is 5.97 Å². The van der Waals surface area contributed by atoms with Crippen molar-refractivity contribution in [3.8, 4) is 11.1 Å². The zero-order valence-electron chi connectivity index (χ0n) is 22.0. The Morgan fingerprint density at radius 1 is 0.821 bits per heavy atom. The van der Waals surface area contributed by atoms with Crippen molar-refractivity contribution < 1.29 is 19.5 Å². The first-order valence-electron chi connectivity index (χ1n) is 12.7. The van der Waals surface area contributed by atoms with Crippen molar-refractivity contribution in [2.75, 3.05) is 20.1 Å². The molecule has 2 aromatic heterocycles. The van der Waals surface area contributed by atoms with Gasteiger partial charge in [0.25, 0.3) is 11.8 Å². The third-order valence-corrected chi connectivity index (χ3v) is 7.32. The zero-order chi connectivity index (χ0) is 27.8. The van der Waals surface area contributed by atoms with Crippen molar-refractivity contribution >= 4 is 29.1 Å². The summed E-state index contributed by atoms with van der Waals surface area (Å²) in [6.07, 6.45) is 0.489. The number of carboxylic acids is 1. The number of aryl methyl sites for hydroxylation is 1. The number of carbonyl (C=O) groups excluding carboxylic acids is 2. The van der Waals surface area contributed by atoms with E-state index in [1.54, 1.807) is 52.4 Å². The molecule has 39 heavy (non-hydrogen) atoms. The third kappa shape index (κ3) is 7.18. The maximum absolute atomic E-state index is 13.8. The molecule has 0 aliphatic carbocycles. The lowest BCUT2D eigenvalue weighted by molar-refractivity contribution is -0.137. The summed E-state index contributed by atoms with van der Waals surface area (Å²) in [6, 6.07) is 24.1. The summed E-state index contributed by atoms with van der Waals surface area (Å²) in [6.45, 7) is 2.75. The predicted octanol–water partition coefficient (Wildman–Crippen LogP) is 5.55. The molecule has 0 saturated carbocycles. The SMILES string of the molecule is Cc1cccc(CN(C)C(=O)c2ccccc2-c2ccccc2C(=O)N(CCC(=O)O)CCc2cccs2)n1. The molecule has 0 spiro atoms. The molecule has 7 nitrogen and oxygen atoms in total. The van der Waals surface area contributed by atoms with Crippen molar-refractivity contribution in [1.82, 2.24) is 14.8 Å². The smallest absolute Gasteiger partial charge is 0.305 e. The number of thiophene rings is 1. The molecule has 1 N–H and O–H groups in total. The fraction of sp³-hybridized carbons (Fsp3) is 0.226. The van der Waals surface area contributed by atoms with Gasteiger partial charge in [-0.15, -0.1) is 11.3 Å². The number of carboxylic acid groups (broad SMARTS) is 1. The van der Waals surface area contributed by atoms with E-state index in [2.05, 4.69) is 4.98 Å². The monoisotopic (exact) mass is 541 g/mol. The number of hydrogen-bond donors (Lipinski definition) is 1. The summed E-state index contributed by atoms with van der Waals surface area (Å²) < 4.78 is 0. The number of rotatable bonds is 11. The number of benzene rings is 2. The van der Waals surface area contributed by atoms with Gasteiger partial charge in [0.15, 0.2) is 0 Å². The molecule has 8 heteroatoms. The summed E-state index contributed by atoms with van der Waals surface area (Å²) in [5.41, 5.74) is 3.85. The first-order chi connectivity index (χ1) is 18.8. The van der Waals surface area contributed by atoms with Gasteiger partial charge in [-0.1, -0.05) is 48.5 Å². The minimum Gasteiger partial charge on any atom is -0.481 e. The van der Waals surface area contributed by atoms with Crippen LogP contribution in [0.2, 0.25) is 0 Å². The van der Waals surface area contributed by atoms with E-state index in [4.69, 9.17) is 0 Å². The molecule has 2 amide bonds. The summed E-state index contributed by atoms with van der Waals surface area (Å²) in [5, 5.41) is 11.3. The fourth-order valence-corrected chi connectivity index (χ4v) is 5.13. The molecular formula is C31H31N3O4S. The summed E-state index contributed by atoms with van der Waals surface area (Å²) >= 11 is 1.60. The second-order valence-electron chi connectivity index (χ2n) is 9.29. The Labute approximate surface area is 232 Å². The molecule has 2 heterocycles. The Bertz CT molecular complexity index is 1450. The van der Waals surface area contributed by atoms with Gasteiger partial charge in [0.1, 0.15) is 0 Å². The summed E-state index contributed by atoms with van der Waals surface area (Å²) in [5.74, 6) is -1.40. The van der Waals surface area contributed by atoms with Crippen LogP contribution in [0.15, 0.2) is 84.2 Å². The number of carbonyl (C=O) groups is 3. The van der Waals surface area contributed by atoms with Crippen LogP contribution in [-0.4, -0.2) is 57.8 Å². The van der Waals surface area contributed by atoms with Crippen LogP contribution in [0, 0.1) is 6.92 Å². The average Bonchev–Trinajstić information content (AvgIpc) is 3.46. The molecule has 0 atom stereocenters. The van der Waals surface area contributed by atoms with Gasteiger partial charge in [-0.05, 0) is 60.2 Å². The topological polar surface area (TPSA) is 90.8 Å². The van der Waals surface area contributed by atoms with Crippen LogP contribution in [0.5, 0.6) is 0 Å². The molecular weight excluding hydrogens is 510 g/mol. The molecule has 0 unspecified atom stereocenters. The van der Waals surface area contributed by atoms with Crippen molar-refractivity contribution in [3.05, 3.63) is 112 Å². The molecule has 4 aromatic rings. The summed E-state index contributed by atoms with van der Waals surface area (Å²) in [4.78, 5) is 47.6. The standard InChI is InChI=1S/C31H31N3O4S/c1-22-9-7-10-23(32-22)21-33(2)30(37)27-14-5-3-12-25(27)26-13-4-6-15-28(26)31(38)34(19-17-29(35)36)18-16-24-11-8-20-39-24/h3-15,20H,16-19,21H2,1-2H3,(H,35,36). The first kappa shape index (κ1) is 27.7. The fourth-order valence-electron chi connectivity index (χ4n) is 4.43. The Kier molecular flexibility index (Phi) is 9.22. The number of pyridine rings is 1. The number of aliphatic carboxylic acids is 1. The molecule has 0 bridgehead atoms. The maximum Gasteiger partial charge on any atom is 0.305 e. The maximum atomic E-state index is 13.8. The van der Waals surface area contributed by atoms with E-state index in [0.29, 0.717) is 41.8 Å². The molecule has 4 rings (SSSR count). The lowest BCUT2D eigenvalue weighted by atomic mass is 9.94. The predicted molar refractivity (Wildman–Crippen MR) is 153 cm³/mol. The highest BCUT2D eigenvalue weighted by atomic mass is 32.1. The molecule has 0 radical (unpaired) electrons. The Hall–Kier alpha value is -4.30. The second kappa shape index (κ2) is 13.0. The number of amides is 2. The molecule has 200 valence electrons. The Morgan fingerprint density at radius 2 is 1.49 bits per heavy atom. The van der Waals surface area contributed by atoms with E-state index < -0.39 is 5.97 Å². The van der Waals surface area contributed by atoms with Crippen LogP contribution in [-0.2, 0) is 17.8 Å². The third-order valence-electron chi connectivity index (χ3n) is 6.39. The van der Waals surface area contributed by atoms with Crippen LogP contribution in [0.4, 0.5) is 0 Å². The number of hydrogen-bond acceptors (Lipinski definition) is 5. The van der Waals surface area contributed by atoms with Crippen molar-refractivity contribution in [2.24, 2.45) is 0 Å². The molecule has 0 aliphatic heterocycles. The van der Waals surface area contributed by atoms with E-state index >= 15 is 0 Å². The molecule has 0 saturated heterocycles. The molecule has 0 fully saturated rings. The van der Waals surface area contributed by atoms with Gasteiger partial charge in [0.2, 0.25) is 0 Å². The minimum absolute atomic E-state index is 0.0979. The normalized spacial score (nSPS) is 10.7. The van der Waals surface area contributed by atoms with Gasteiger partial charge < -0.3 is 14.9 Å². The van der Waals surface area contributed by atoms with Crippen molar-refractivity contribution in [2.45, 2.75) is 26.3 Å². The quantitative estimate of drug-likeness (QED) is 0.269. The minimum atomic E-state index is -0.959. The first-order valence-corrected chi connectivity index (χ1v) is 13.6. The van der Waals surface area contributed by atoms with Crippen LogP contribution in [0.25, 0.3) is 11.1 Å². The number of aromatic nitrogens is 1. The van der Waals surface area contributed by atoms with Gasteiger partial charge in [-0.3, -0.25) is 19.4 Å². The van der Waals surface area contributed by atoms with Gasteiger partial charge in [-0.25, -0.2) is 0 Å². The van der Waals surface area contributed by atoms with E-state index in [0.717, 1.165) is 16.3 Å². The van der Waals surface area contributed by atoms with Crippen molar-refractivity contribution in [3.63, 3.8) is 0 Å². The summed E-state index contributed by atoms with van der Waals surface area (Å²) in [7, 11) is 1.73. The van der Waals surface area contributed by atoms with Crippen LogP contribution < -0.4 is 0 Å². The van der Waals surface area contributed by atoms with E-state index in [-0.39, 0.29) is 24.8 Å². The molecule has 0 aliphatic rings.